The van der Waals surface area contributed by atoms with Gasteiger partial charge in [-0.1, -0.05) is 40.5 Å². The van der Waals surface area contributed by atoms with Gasteiger partial charge in [0.2, 0.25) is 0 Å². The topological polar surface area (TPSA) is 26.3 Å². The normalized spacial score (nSPS) is 42.1. The van der Waals surface area contributed by atoms with Gasteiger partial charge in [-0.3, -0.25) is 4.79 Å². The number of Topliss-reactive ketones (excluding diaryl/α,β-unsaturated/α-hetero) is 1. The van der Waals surface area contributed by atoms with Crippen molar-refractivity contribution in [3.63, 3.8) is 0 Å². The van der Waals surface area contributed by atoms with Crippen molar-refractivity contribution in [2.24, 2.45) is 22.7 Å². The molecule has 2 aliphatic carbocycles. The zero-order valence-corrected chi connectivity index (χ0v) is 13.6. The molecule has 0 aromatic rings. The Kier molecular flexibility index (Phi) is 3.52. The minimum absolute atomic E-state index is 0.122. The Balaban J connectivity index is 1.73. The predicted octanol–water partition coefficient (Wildman–Crippen LogP) is 4.37. The van der Waals surface area contributed by atoms with Crippen LogP contribution in [0.5, 0.6) is 0 Å². The van der Waals surface area contributed by atoms with Gasteiger partial charge >= 0.3 is 0 Å². The van der Waals surface area contributed by atoms with Gasteiger partial charge in [-0.25, -0.2) is 0 Å². The van der Waals surface area contributed by atoms with E-state index in [9.17, 15) is 4.79 Å². The van der Waals surface area contributed by atoms with Crippen LogP contribution in [0.4, 0.5) is 0 Å². The first-order valence-corrected chi connectivity index (χ1v) is 8.52. The maximum Gasteiger partial charge on any atom is 0.141 e. The quantitative estimate of drug-likeness (QED) is 0.766. The lowest BCUT2D eigenvalue weighted by Gasteiger charge is -2.54. The van der Waals surface area contributed by atoms with Gasteiger partial charge in [-0.2, -0.15) is 0 Å². The minimum Gasteiger partial charge on any atom is -0.373 e. The highest BCUT2D eigenvalue weighted by atomic mass is 16.5. The van der Waals surface area contributed by atoms with Crippen LogP contribution in [0.25, 0.3) is 0 Å². The summed E-state index contributed by atoms with van der Waals surface area (Å²) in [4.78, 5) is 12.3. The van der Waals surface area contributed by atoms with Gasteiger partial charge in [0, 0.05) is 6.42 Å². The highest BCUT2D eigenvalue weighted by Gasteiger charge is 2.54. The highest BCUT2D eigenvalue weighted by Crippen LogP contribution is 2.53. The van der Waals surface area contributed by atoms with Crippen molar-refractivity contribution in [2.75, 3.05) is 0 Å². The van der Waals surface area contributed by atoms with Gasteiger partial charge in [0.25, 0.3) is 0 Å². The largest absolute Gasteiger partial charge is 0.373 e. The third-order valence-electron chi connectivity index (χ3n) is 6.28. The van der Waals surface area contributed by atoms with Gasteiger partial charge in [-0.15, -0.1) is 0 Å². The number of hydrogen-bond acceptors (Lipinski definition) is 2. The fraction of sp³-hybridized carbons (Fsp3) is 0.944. The lowest BCUT2D eigenvalue weighted by Crippen LogP contribution is -2.57. The summed E-state index contributed by atoms with van der Waals surface area (Å²) in [5, 5.41) is 0. The molecule has 0 bridgehead atoms. The minimum atomic E-state index is -0.301. The summed E-state index contributed by atoms with van der Waals surface area (Å²) in [6, 6.07) is 0. The molecule has 0 aromatic carbocycles. The third kappa shape index (κ3) is 2.45. The number of carbonyl (C=O) groups excluding carboxylic acids is 1. The number of ketones is 1. The molecular formula is C18H30O2. The summed E-state index contributed by atoms with van der Waals surface area (Å²) in [7, 11) is 0. The molecule has 1 aliphatic heterocycles. The van der Waals surface area contributed by atoms with E-state index in [1.807, 2.05) is 0 Å². The summed E-state index contributed by atoms with van der Waals surface area (Å²) in [5.41, 5.74) is -0.0851. The van der Waals surface area contributed by atoms with Crippen LogP contribution in [-0.2, 0) is 9.53 Å². The van der Waals surface area contributed by atoms with Gasteiger partial charge in [0.15, 0.2) is 0 Å². The molecule has 0 radical (unpaired) electrons. The Morgan fingerprint density at radius 3 is 2.55 bits per heavy atom. The second kappa shape index (κ2) is 4.83. The molecule has 0 aromatic heterocycles. The average molecular weight is 278 g/mol. The first-order chi connectivity index (χ1) is 9.33. The lowest BCUT2D eigenvalue weighted by atomic mass is 9.58. The number of hydrogen-bond donors (Lipinski definition) is 0. The highest BCUT2D eigenvalue weighted by molar-refractivity contribution is 5.85. The van der Waals surface area contributed by atoms with Crippen molar-refractivity contribution in [1.82, 2.24) is 0 Å². The molecule has 1 unspecified atom stereocenters. The fourth-order valence-electron chi connectivity index (χ4n) is 4.62. The zero-order valence-electron chi connectivity index (χ0n) is 13.6. The third-order valence-corrected chi connectivity index (χ3v) is 6.28. The SMILES string of the molecule is CC(CC1CC1)[C@@H]1CC[C@@]2(C)CCC(=O)C(C)(C)[C@@H]2O1. The second-order valence-corrected chi connectivity index (χ2v) is 8.55. The van der Waals surface area contributed by atoms with Crippen LogP contribution in [0.15, 0.2) is 0 Å². The summed E-state index contributed by atoms with van der Waals surface area (Å²) in [5.74, 6) is 2.01. The maximum absolute atomic E-state index is 12.3. The van der Waals surface area contributed by atoms with E-state index in [0.29, 0.717) is 17.8 Å². The van der Waals surface area contributed by atoms with Crippen LogP contribution in [0.3, 0.4) is 0 Å². The fourth-order valence-corrected chi connectivity index (χ4v) is 4.62. The molecule has 2 nitrogen and oxygen atoms in total. The summed E-state index contributed by atoms with van der Waals surface area (Å²) < 4.78 is 6.55. The molecule has 0 N–H and O–H groups in total. The van der Waals surface area contributed by atoms with E-state index >= 15 is 0 Å². The Labute approximate surface area is 123 Å². The molecule has 0 spiro atoms. The predicted molar refractivity (Wildman–Crippen MR) is 80.5 cm³/mol. The Morgan fingerprint density at radius 1 is 1.20 bits per heavy atom. The van der Waals surface area contributed by atoms with E-state index in [0.717, 1.165) is 18.8 Å². The van der Waals surface area contributed by atoms with E-state index in [-0.39, 0.29) is 16.9 Å². The van der Waals surface area contributed by atoms with Gasteiger partial charge in [0.1, 0.15) is 5.78 Å². The Bertz CT molecular complexity index is 396. The van der Waals surface area contributed by atoms with Crippen molar-refractivity contribution in [3.8, 4) is 0 Å². The smallest absolute Gasteiger partial charge is 0.141 e. The number of fused-ring (bicyclic) bond motifs is 1. The first-order valence-electron chi connectivity index (χ1n) is 8.52. The molecule has 4 atom stereocenters. The molecule has 1 saturated heterocycles. The molecule has 2 heteroatoms. The van der Waals surface area contributed by atoms with Crippen LogP contribution in [0.1, 0.15) is 72.6 Å². The number of rotatable bonds is 3. The maximum atomic E-state index is 12.3. The van der Waals surface area contributed by atoms with E-state index in [2.05, 4.69) is 27.7 Å². The standard InChI is InChI=1S/C18H30O2/c1-12(11-13-5-6-13)14-7-9-18(4)10-8-15(19)17(2,3)16(18)20-14/h12-14,16H,5-11H2,1-4H3/t12?,14-,16-,18-/m0/s1. The van der Waals surface area contributed by atoms with Gasteiger partial charge < -0.3 is 4.74 Å². The summed E-state index contributed by atoms with van der Waals surface area (Å²) >= 11 is 0. The Morgan fingerprint density at radius 2 is 1.90 bits per heavy atom. The average Bonchev–Trinajstić information content (AvgIpc) is 3.18. The van der Waals surface area contributed by atoms with E-state index < -0.39 is 0 Å². The molecular weight excluding hydrogens is 248 g/mol. The van der Waals surface area contributed by atoms with Crippen LogP contribution in [0.2, 0.25) is 0 Å². The van der Waals surface area contributed by atoms with E-state index in [4.69, 9.17) is 4.74 Å². The molecule has 0 amide bonds. The van der Waals surface area contributed by atoms with E-state index in [1.165, 1.54) is 32.1 Å². The van der Waals surface area contributed by atoms with Crippen LogP contribution < -0.4 is 0 Å². The molecule has 3 rings (SSSR count). The zero-order chi connectivity index (χ0) is 14.5. The van der Waals surface area contributed by atoms with Crippen molar-refractivity contribution in [3.05, 3.63) is 0 Å². The summed E-state index contributed by atoms with van der Waals surface area (Å²) in [6.07, 6.45) is 8.83. The molecule has 1 heterocycles. The molecule has 2 saturated carbocycles. The second-order valence-electron chi connectivity index (χ2n) is 8.55. The molecule has 3 fully saturated rings. The van der Waals surface area contributed by atoms with Crippen molar-refractivity contribution >= 4 is 5.78 Å². The van der Waals surface area contributed by atoms with Gasteiger partial charge in [0.05, 0.1) is 17.6 Å². The molecule has 114 valence electrons. The van der Waals surface area contributed by atoms with Crippen LogP contribution >= 0.6 is 0 Å². The van der Waals surface area contributed by atoms with E-state index in [1.54, 1.807) is 0 Å². The van der Waals surface area contributed by atoms with Crippen molar-refractivity contribution in [1.29, 1.82) is 0 Å². The Hall–Kier alpha value is -0.370. The van der Waals surface area contributed by atoms with Crippen LogP contribution in [0, 0.1) is 22.7 Å². The van der Waals surface area contributed by atoms with Crippen LogP contribution in [-0.4, -0.2) is 18.0 Å². The number of carbonyl (C=O) groups is 1. The van der Waals surface area contributed by atoms with Gasteiger partial charge in [-0.05, 0) is 42.9 Å². The lowest BCUT2D eigenvalue weighted by molar-refractivity contribution is -0.202. The monoisotopic (exact) mass is 278 g/mol. The first kappa shape index (κ1) is 14.6. The van der Waals surface area contributed by atoms with Crippen molar-refractivity contribution in [2.45, 2.75) is 84.8 Å². The summed E-state index contributed by atoms with van der Waals surface area (Å²) in [6.45, 7) is 8.90. The van der Waals surface area contributed by atoms with Crippen molar-refractivity contribution < 1.29 is 9.53 Å². The molecule has 20 heavy (non-hydrogen) atoms. The molecule has 3 aliphatic rings. The number of ether oxygens (including phenoxy) is 1.